The van der Waals surface area contributed by atoms with Crippen molar-refractivity contribution in [2.45, 2.75) is 60.5 Å². The Morgan fingerprint density at radius 2 is 0.952 bits per heavy atom. The molecule has 1 unspecified atom stereocenters. The van der Waals surface area contributed by atoms with Crippen LogP contribution < -0.4 is 21.3 Å². The number of fused-ring (bicyclic) bond motifs is 2. The van der Waals surface area contributed by atoms with E-state index in [-0.39, 0.29) is 56.1 Å². The van der Waals surface area contributed by atoms with E-state index in [1.165, 1.54) is 12.1 Å². The predicted octanol–water partition coefficient (Wildman–Crippen LogP) is 9.86. The molecular weight excluding hydrogens is 1090 g/mol. The molecular formula is C64H66N6O11S2. The zero-order valence-electron chi connectivity index (χ0n) is 46.3. The van der Waals surface area contributed by atoms with E-state index in [1.54, 1.807) is 68.8 Å². The molecule has 0 saturated carbocycles. The van der Waals surface area contributed by atoms with Crippen molar-refractivity contribution in [2.75, 3.05) is 64.4 Å². The van der Waals surface area contributed by atoms with E-state index < -0.39 is 38.4 Å². The first-order chi connectivity index (χ1) is 40.4. The van der Waals surface area contributed by atoms with Crippen LogP contribution in [0.2, 0.25) is 0 Å². The van der Waals surface area contributed by atoms with Gasteiger partial charge in [-0.05, 0) is 118 Å². The minimum absolute atomic E-state index is 0.0321. The van der Waals surface area contributed by atoms with Crippen molar-refractivity contribution in [3.05, 3.63) is 202 Å². The number of methoxy groups -OCH3 is 2. The van der Waals surface area contributed by atoms with Crippen LogP contribution in [0.5, 0.6) is 0 Å². The number of benzene rings is 6. The molecule has 2 fully saturated rings. The lowest BCUT2D eigenvalue weighted by molar-refractivity contribution is 0.0642. The lowest BCUT2D eigenvalue weighted by atomic mass is 9.99. The topological polar surface area (TPSA) is 230 Å². The quantitative estimate of drug-likeness (QED) is 0.0557. The number of amides is 4. The van der Waals surface area contributed by atoms with Gasteiger partial charge in [-0.15, -0.1) is 0 Å². The molecule has 0 bridgehead atoms. The number of nitrogens with zero attached hydrogens (tertiary/aromatic N) is 2. The summed E-state index contributed by atoms with van der Waals surface area (Å²) >= 11 is 0. The van der Waals surface area contributed by atoms with E-state index in [4.69, 9.17) is 18.9 Å². The standard InChI is InChI=1S/C32H33N3O6S.C32H33N3O5S/c1-40-20-24-11-12-27(26-10-6-5-9-25(24)26)31(36)34-28-13-14-29(42(38,39)21-23-7-3-2-4-8-23)35-30(28)32(37)33-19-22-15-17-41-18-16-22;1-39-20-24-11-12-27(26-10-6-5-9-25(24)26)31(36)34-28-13-14-29(41(38)21-23-7-3-2-4-8-23)35-30(28)32(37)33-19-22-15-17-40-18-16-22/h2-14,22H,15-21H2,1H3,(H,33,37)(H,34,36);2-14,22H,15-21H2,1H3,(H,33,37)(H,34,36). The van der Waals surface area contributed by atoms with Crippen LogP contribution in [-0.2, 0) is 64.3 Å². The number of anilines is 2. The summed E-state index contributed by atoms with van der Waals surface area (Å²) in [5, 5.41) is 14.9. The fraction of sp³-hybridized carbons (Fsp3) is 0.281. The normalized spacial score (nSPS) is 14.2. The van der Waals surface area contributed by atoms with Crippen LogP contribution >= 0.6 is 0 Å². The van der Waals surface area contributed by atoms with Crippen molar-refractivity contribution in [3.8, 4) is 0 Å². The lowest BCUT2D eigenvalue weighted by Crippen LogP contribution is -2.33. The molecule has 430 valence electrons. The molecule has 2 aliphatic heterocycles. The Hall–Kier alpha value is -8.04. The Morgan fingerprint density at radius 1 is 0.518 bits per heavy atom. The maximum atomic E-state index is 13.6. The number of hydrogen-bond donors (Lipinski definition) is 4. The Balaban J connectivity index is 0.000000200. The zero-order valence-corrected chi connectivity index (χ0v) is 47.9. The molecule has 10 rings (SSSR count). The van der Waals surface area contributed by atoms with Crippen LogP contribution in [-0.4, -0.2) is 100.0 Å². The van der Waals surface area contributed by atoms with Crippen LogP contribution in [0.25, 0.3) is 21.5 Å². The number of ether oxygens (including phenoxy) is 4. The van der Waals surface area contributed by atoms with E-state index in [0.717, 1.165) is 63.9 Å². The number of rotatable bonds is 20. The number of aromatic nitrogens is 2. The van der Waals surface area contributed by atoms with Crippen LogP contribution in [0.15, 0.2) is 168 Å². The molecule has 0 spiro atoms. The Labute approximate surface area is 485 Å². The van der Waals surface area contributed by atoms with Crippen molar-refractivity contribution in [1.29, 1.82) is 0 Å². The molecule has 4 N–H and O–H groups in total. The fourth-order valence-electron chi connectivity index (χ4n) is 10.0. The molecule has 4 heterocycles. The van der Waals surface area contributed by atoms with E-state index in [2.05, 4.69) is 31.2 Å². The second-order valence-electron chi connectivity index (χ2n) is 20.3. The summed E-state index contributed by atoms with van der Waals surface area (Å²) in [5.41, 5.74) is 4.52. The van der Waals surface area contributed by atoms with Crippen molar-refractivity contribution < 1.29 is 50.8 Å². The average Bonchev–Trinajstić information content (AvgIpc) is 3.63. The van der Waals surface area contributed by atoms with E-state index >= 15 is 0 Å². The highest BCUT2D eigenvalue weighted by molar-refractivity contribution is 7.90. The van der Waals surface area contributed by atoms with Gasteiger partial charge in [-0.25, -0.2) is 18.4 Å². The first-order valence-electron chi connectivity index (χ1n) is 27.4. The average molecular weight is 1160 g/mol. The monoisotopic (exact) mass is 1160 g/mol. The van der Waals surface area contributed by atoms with Gasteiger partial charge in [-0.3, -0.25) is 23.4 Å². The fourth-order valence-corrected chi connectivity index (χ4v) is 12.3. The summed E-state index contributed by atoms with van der Waals surface area (Å²) in [6.07, 6.45) is 3.36. The zero-order chi connectivity index (χ0) is 58.1. The van der Waals surface area contributed by atoms with Crippen molar-refractivity contribution in [3.63, 3.8) is 0 Å². The summed E-state index contributed by atoms with van der Waals surface area (Å²) in [6.45, 7) is 4.28. The molecule has 6 aromatic carbocycles. The molecule has 8 aromatic rings. The maximum Gasteiger partial charge on any atom is 0.272 e. The molecule has 2 aliphatic rings. The van der Waals surface area contributed by atoms with Crippen LogP contribution in [0, 0.1) is 11.8 Å². The molecule has 0 radical (unpaired) electrons. The third kappa shape index (κ3) is 15.5. The SMILES string of the molecule is COCc1ccc(C(=O)Nc2ccc(S(=O)(=O)Cc3ccccc3)nc2C(=O)NCC2CCOCC2)c2ccccc12.COCc1ccc(C(=O)Nc2ccc(S(=O)Cc3ccccc3)nc2C(=O)NCC2CCOCC2)c2ccccc12. The van der Waals surface area contributed by atoms with Gasteiger partial charge in [0.05, 0.1) is 46.9 Å². The second-order valence-corrected chi connectivity index (χ2v) is 23.6. The number of hydrogen-bond acceptors (Lipinski definition) is 13. The van der Waals surface area contributed by atoms with Crippen molar-refractivity contribution in [1.82, 2.24) is 20.6 Å². The summed E-state index contributed by atoms with van der Waals surface area (Å²) in [5.74, 6) is -1.27. The smallest absolute Gasteiger partial charge is 0.272 e. The molecule has 19 heteroatoms. The molecule has 17 nitrogen and oxygen atoms in total. The molecule has 2 aromatic heterocycles. The third-order valence-electron chi connectivity index (χ3n) is 14.5. The Kier molecular flexibility index (Phi) is 20.7. The number of carbonyl (C=O) groups is 4. The highest BCUT2D eigenvalue weighted by Gasteiger charge is 2.26. The predicted molar refractivity (Wildman–Crippen MR) is 319 cm³/mol. The lowest BCUT2D eigenvalue weighted by Gasteiger charge is -2.22. The number of nitrogens with one attached hydrogen (secondary N) is 4. The number of carbonyl (C=O) groups excluding carboxylic acids is 4. The Bertz CT molecular complexity index is 3730. The van der Waals surface area contributed by atoms with Gasteiger partial charge in [0.1, 0.15) is 5.03 Å². The van der Waals surface area contributed by atoms with Gasteiger partial charge in [-0.2, -0.15) is 0 Å². The molecule has 83 heavy (non-hydrogen) atoms. The first-order valence-corrected chi connectivity index (χ1v) is 30.4. The van der Waals surface area contributed by atoms with Crippen molar-refractivity contribution in [2.24, 2.45) is 11.8 Å². The van der Waals surface area contributed by atoms with Gasteiger partial charge in [0.15, 0.2) is 26.3 Å². The summed E-state index contributed by atoms with van der Waals surface area (Å²) in [4.78, 5) is 62.8. The minimum atomic E-state index is -3.87. The van der Waals surface area contributed by atoms with Gasteiger partial charge in [0.25, 0.3) is 23.6 Å². The first kappa shape index (κ1) is 59.6. The van der Waals surface area contributed by atoms with Crippen LogP contribution in [0.4, 0.5) is 11.4 Å². The second kappa shape index (κ2) is 28.8. The van der Waals surface area contributed by atoms with Gasteiger partial charge in [0.2, 0.25) is 0 Å². The van der Waals surface area contributed by atoms with Gasteiger partial charge < -0.3 is 40.2 Å². The molecule has 0 aliphatic carbocycles. The minimum Gasteiger partial charge on any atom is -0.381 e. The molecule has 1 atom stereocenters. The van der Waals surface area contributed by atoms with Gasteiger partial charge >= 0.3 is 0 Å². The number of pyridine rings is 2. The summed E-state index contributed by atoms with van der Waals surface area (Å²) in [6, 6.07) is 46.5. The summed E-state index contributed by atoms with van der Waals surface area (Å²) < 4.78 is 61.2. The van der Waals surface area contributed by atoms with E-state index in [1.807, 2.05) is 91.0 Å². The Morgan fingerprint density at radius 3 is 1.43 bits per heavy atom. The van der Waals surface area contributed by atoms with E-state index in [9.17, 15) is 31.8 Å². The van der Waals surface area contributed by atoms with Crippen LogP contribution in [0.1, 0.15) is 89.6 Å². The number of sulfone groups is 1. The van der Waals surface area contributed by atoms with Gasteiger partial charge in [-0.1, -0.05) is 121 Å². The van der Waals surface area contributed by atoms with Crippen molar-refractivity contribution >= 4 is 77.2 Å². The molecule has 2 saturated heterocycles. The highest BCUT2D eigenvalue weighted by Crippen LogP contribution is 2.29. The highest BCUT2D eigenvalue weighted by atomic mass is 32.2. The summed E-state index contributed by atoms with van der Waals surface area (Å²) in [7, 11) is -2.11. The van der Waals surface area contributed by atoms with Gasteiger partial charge in [0, 0.05) is 64.9 Å². The van der Waals surface area contributed by atoms with E-state index in [0.29, 0.717) is 75.3 Å². The molecule has 4 amide bonds. The van der Waals surface area contributed by atoms with Crippen LogP contribution in [0.3, 0.4) is 0 Å². The largest absolute Gasteiger partial charge is 0.381 e. The maximum absolute atomic E-state index is 13.6. The third-order valence-corrected chi connectivity index (χ3v) is 17.3.